The second-order valence-electron chi connectivity index (χ2n) is 18.7. The lowest BCUT2D eigenvalue weighted by molar-refractivity contribution is -0.160. The van der Waals surface area contributed by atoms with Crippen LogP contribution in [0.1, 0.15) is 132 Å². The average molecular weight is 1090 g/mol. The first-order chi connectivity index (χ1) is 36.0. The highest BCUT2D eigenvalue weighted by molar-refractivity contribution is 6.00. The van der Waals surface area contributed by atoms with E-state index in [-0.39, 0.29) is 166 Å². The zero-order valence-corrected chi connectivity index (χ0v) is 44.8. The fourth-order valence-corrected chi connectivity index (χ4v) is 6.85. The minimum atomic E-state index is -1.32. The van der Waals surface area contributed by atoms with Crippen molar-refractivity contribution in [1.82, 2.24) is 26.6 Å². The number of Topliss-reactive ketones (excluding diaryl/α,β-unsaturated/α-hetero) is 1. The Bertz CT molecular complexity index is 1910. The van der Waals surface area contributed by atoms with Crippen molar-refractivity contribution in [2.45, 2.75) is 135 Å². The Balaban J connectivity index is 2.93. The molecule has 0 saturated carbocycles. The first-order valence-corrected chi connectivity index (χ1v) is 25.7. The number of aliphatic carboxylic acids is 4. The van der Waals surface area contributed by atoms with Crippen LogP contribution in [0.25, 0.3) is 0 Å². The van der Waals surface area contributed by atoms with E-state index in [0.717, 1.165) is 32.1 Å². The molecule has 0 fully saturated rings. The molecule has 0 aliphatic rings. The molecule has 25 nitrogen and oxygen atoms in total. The fourth-order valence-electron chi connectivity index (χ4n) is 6.85. The number of benzene rings is 1. The predicted octanol–water partition coefficient (Wildman–Crippen LogP) is 2.35. The van der Waals surface area contributed by atoms with Crippen molar-refractivity contribution in [3.05, 3.63) is 29.3 Å². The van der Waals surface area contributed by atoms with Gasteiger partial charge < -0.3 is 80.2 Å². The maximum Gasteiger partial charge on any atom is 0.305 e. The summed E-state index contributed by atoms with van der Waals surface area (Å²) in [6, 6.07) is 3.04. The number of carboxylic acid groups (broad SMARTS) is 4. The van der Waals surface area contributed by atoms with E-state index in [1.807, 2.05) is 0 Å². The van der Waals surface area contributed by atoms with E-state index in [4.69, 9.17) is 53.6 Å². The second-order valence-corrected chi connectivity index (χ2v) is 18.7. The van der Waals surface area contributed by atoms with Crippen molar-refractivity contribution in [1.29, 1.82) is 0 Å². The van der Waals surface area contributed by atoms with Gasteiger partial charge in [-0.15, -0.1) is 0 Å². The Hall–Kier alpha value is -5.83. The third-order valence-corrected chi connectivity index (χ3v) is 10.9. The third kappa shape index (κ3) is 35.4. The van der Waals surface area contributed by atoms with Gasteiger partial charge in [0.1, 0.15) is 18.0 Å². The van der Waals surface area contributed by atoms with Crippen molar-refractivity contribution in [3.63, 3.8) is 0 Å². The first kappa shape index (κ1) is 68.2. The van der Waals surface area contributed by atoms with Gasteiger partial charge in [0.2, 0.25) is 11.8 Å². The van der Waals surface area contributed by atoms with Gasteiger partial charge in [0, 0.05) is 37.1 Å². The summed E-state index contributed by atoms with van der Waals surface area (Å²) in [6.07, 6.45) is 4.61. The van der Waals surface area contributed by atoms with Crippen LogP contribution in [0.4, 0.5) is 0 Å². The molecule has 76 heavy (non-hydrogen) atoms. The molecule has 0 radical (unpaired) electrons. The number of hydrogen-bond acceptors (Lipinski definition) is 17. The minimum Gasteiger partial charge on any atom is -0.492 e. The molecule has 0 aliphatic heterocycles. The molecule has 0 spiro atoms. The van der Waals surface area contributed by atoms with Gasteiger partial charge in [-0.05, 0) is 58.7 Å². The number of carbonyl (C=O) groups excluding carboxylic acids is 5. The minimum absolute atomic E-state index is 0.00249. The molecule has 0 bridgehead atoms. The molecule has 0 aliphatic carbocycles. The van der Waals surface area contributed by atoms with E-state index in [1.165, 1.54) is 18.2 Å². The maximum absolute atomic E-state index is 13.6. The molecule has 432 valence electrons. The highest BCUT2D eigenvalue weighted by Gasteiger charge is 2.35. The quantitative estimate of drug-likeness (QED) is 0.0423. The van der Waals surface area contributed by atoms with Crippen molar-refractivity contribution < 1.29 is 96.7 Å². The molecule has 1 aromatic rings. The molecule has 25 heteroatoms. The number of unbranched alkanes of at least 4 members (excludes halogenated alkanes) is 4. The number of ketones is 1. The lowest BCUT2D eigenvalue weighted by Crippen LogP contribution is -2.50. The SMILES string of the molecule is CCCCCCCC(=O)NCCOc1cc(C(=O)NCCOCCC(=O)NC(COCCC(=O)O)COCCC(=O)O)cc(C(=O)NCCC(C)(C)OC(C)(C)C(=O)CNC(COCCC(=O)O)COCCC(=O)O)c1. The lowest BCUT2D eigenvalue weighted by Gasteiger charge is -2.35. The molecule has 0 unspecified atom stereocenters. The van der Waals surface area contributed by atoms with E-state index in [0.29, 0.717) is 6.42 Å². The van der Waals surface area contributed by atoms with Crippen molar-refractivity contribution >= 4 is 53.3 Å². The van der Waals surface area contributed by atoms with E-state index in [1.54, 1.807) is 27.7 Å². The van der Waals surface area contributed by atoms with Crippen LogP contribution in [0.3, 0.4) is 0 Å². The van der Waals surface area contributed by atoms with Gasteiger partial charge in [-0.25, -0.2) is 0 Å². The van der Waals surface area contributed by atoms with Crippen molar-refractivity contribution in [2.75, 3.05) is 98.9 Å². The van der Waals surface area contributed by atoms with Gasteiger partial charge in [-0.3, -0.25) is 43.2 Å². The molecule has 0 heterocycles. The molecule has 0 saturated heterocycles. The molecule has 4 amide bonds. The molecule has 0 aromatic heterocycles. The highest BCUT2D eigenvalue weighted by Crippen LogP contribution is 2.24. The monoisotopic (exact) mass is 1090 g/mol. The second kappa shape index (κ2) is 39.5. The van der Waals surface area contributed by atoms with Crippen LogP contribution in [0, 0.1) is 0 Å². The van der Waals surface area contributed by atoms with Crippen LogP contribution in [-0.4, -0.2) is 196 Å². The molecule has 9 N–H and O–H groups in total. The van der Waals surface area contributed by atoms with E-state index in [2.05, 4.69) is 33.5 Å². The number of hydrogen-bond donors (Lipinski definition) is 9. The summed E-state index contributed by atoms with van der Waals surface area (Å²) in [7, 11) is 0. The summed E-state index contributed by atoms with van der Waals surface area (Å²) in [5, 5.41) is 49.6. The van der Waals surface area contributed by atoms with Gasteiger partial charge in [0.05, 0.1) is 123 Å². The number of carbonyl (C=O) groups is 9. The number of nitrogens with one attached hydrogen (secondary N) is 5. The summed E-state index contributed by atoms with van der Waals surface area (Å²) >= 11 is 0. The van der Waals surface area contributed by atoms with Crippen LogP contribution in [0.5, 0.6) is 5.75 Å². The molecular weight excluding hydrogens is 1000 g/mol. The normalized spacial score (nSPS) is 11.6. The molecule has 1 aromatic carbocycles. The molecule has 1 rings (SSSR count). The number of amides is 4. The van der Waals surface area contributed by atoms with Gasteiger partial charge >= 0.3 is 23.9 Å². The van der Waals surface area contributed by atoms with Crippen LogP contribution in [-0.2, 0) is 62.0 Å². The largest absolute Gasteiger partial charge is 0.492 e. The zero-order chi connectivity index (χ0) is 56.8. The summed E-state index contributed by atoms with van der Waals surface area (Å²) in [5.74, 6) is -6.01. The van der Waals surface area contributed by atoms with Crippen LogP contribution in [0.15, 0.2) is 18.2 Å². The standard InChI is InChI=1S/C51H83N5O20/c1-6-7-8-9-10-11-42(58)52-20-27-75-40-29-36(28-37(30-40)49(69)54-19-26-70-21-12-43(59)56-39(34-73-24-15-46(64)65)35-74-25-16-47(66)67)48(68)53-18-17-50(2,3)76-51(4,5)41(57)31-55-38(32-71-22-13-44(60)61)33-72-23-14-45(62)63/h28-30,38-39,55H,6-27,31-35H2,1-5H3,(H,52,58)(H,53,68)(H,54,69)(H,56,59)(H,60,61)(H,62,63)(H,64,65)(H,66,67). The van der Waals surface area contributed by atoms with Gasteiger partial charge in [0.15, 0.2) is 5.78 Å². The van der Waals surface area contributed by atoms with E-state index in [9.17, 15) is 43.2 Å². The van der Waals surface area contributed by atoms with Crippen LogP contribution >= 0.6 is 0 Å². The Morgan fingerprint density at radius 3 is 1.50 bits per heavy atom. The lowest BCUT2D eigenvalue weighted by atomic mass is 9.98. The van der Waals surface area contributed by atoms with Crippen LogP contribution < -0.4 is 31.3 Å². The molecule has 0 atom stereocenters. The summed E-state index contributed by atoms with van der Waals surface area (Å²) in [5.41, 5.74) is -2.10. The molecular formula is C51H83N5O20. The topological polar surface area (TPSA) is 359 Å². The van der Waals surface area contributed by atoms with E-state index < -0.39 is 64.9 Å². The number of rotatable bonds is 48. The van der Waals surface area contributed by atoms with Gasteiger partial charge in [0.25, 0.3) is 11.8 Å². The Morgan fingerprint density at radius 1 is 0.513 bits per heavy atom. The van der Waals surface area contributed by atoms with Crippen molar-refractivity contribution in [2.24, 2.45) is 0 Å². The Morgan fingerprint density at radius 2 is 0.987 bits per heavy atom. The third-order valence-electron chi connectivity index (χ3n) is 10.9. The number of ether oxygens (including phenoxy) is 7. The van der Waals surface area contributed by atoms with Crippen LogP contribution in [0.2, 0.25) is 0 Å². The smallest absolute Gasteiger partial charge is 0.305 e. The zero-order valence-electron chi connectivity index (χ0n) is 44.8. The Labute approximate surface area is 444 Å². The van der Waals surface area contributed by atoms with E-state index >= 15 is 0 Å². The summed E-state index contributed by atoms with van der Waals surface area (Å²) < 4.78 is 39.2. The maximum atomic E-state index is 13.6. The predicted molar refractivity (Wildman–Crippen MR) is 273 cm³/mol. The summed E-state index contributed by atoms with van der Waals surface area (Å²) in [4.78, 5) is 109. The first-order valence-electron chi connectivity index (χ1n) is 25.7. The van der Waals surface area contributed by atoms with Gasteiger partial charge in [-0.1, -0.05) is 32.6 Å². The Kier molecular flexibility index (Phi) is 35.5. The average Bonchev–Trinajstić information content (AvgIpc) is 3.34. The fraction of sp³-hybridized carbons (Fsp3) is 0.706. The summed E-state index contributed by atoms with van der Waals surface area (Å²) in [6.45, 7) is 8.45. The number of carboxylic acids is 4. The van der Waals surface area contributed by atoms with Crippen molar-refractivity contribution in [3.8, 4) is 5.75 Å². The highest BCUT2D eigenvalue weighted by atomic mass is 16.5. The van der Waals surface area contributed by atoms with Gasteiger partial charge in [-0.2, -0.15) is 0 Å².